The highest BCUT2D eigenvalue weighted by molar-refractivity contribution is 6.38. The maximum absolute atomic E-state index is 14.6. The van der Waals surface area contributed by atoms with Crippen LogP contribution in [0.25, 0.3) is 0 Å². The van der Waals surface area contributed by atoms with E-state index in [0.717, 1.165) is 44.9 Å². The van der Waals surface area contributed by atoms with Gasteiger partial charge in [-0.15, -0.1) is 0 Å². The van der Waals surface area contributed by atoms with Gasteiger partial charge in [-0.2, -0.15) is 0 Å². The number of benzene rings is 1. The van der Waals surface area contributed by atoms with Gasteiger partial charge in [0.15, 0.2) is 0 Å². The molecule has 292 valence electrons. The van der Waals surface area contributed by atoms with E-state index in [2.05, 4.69) is 31.2 Å². The number of ketones is 1. The van der Waals surface area contributed by atoms with Crippen molar-refractivity contribution in [1.82, 2.24) is 36.1 Å². The fraction of sp³-hybridized carbons (Fsp3) is 0.590. The van der Waals surface area contributed by atoms with Gasteiger partial charge in [-0.05, 0) is 61.1 Å². The van der Waals surface area contributed by atoms with E-state index < -0.39 is 70.7 Å². The first-order chi connectivity index (χ1) is 25.7. The minimum absolute atomic E-state index is 0.0195. The summed E-state index contributed by atoms with van der Waals surface area (Å²) in [7, 11) is 0. The molecule has 54 heavy (non-hydrogen) atoms. The van der Waals surface area contributed by atoms with Crippen LogP contribution in [0.5, 0.6) is 0 Å². The molecule has 4 N–H and O–H groups in total. The minimum atomic E-state index is -1.04. The Morgan fingerprint density at radius 1 is 0.926 bits per heavy atom. The number of halogens is 2. The van der Waals surface area contributed by atoms with Crippen molar-refractivity contribution in [2.24, 2.45) is 17.3 Å². The maximum Gasteiger partial charge on any atom is 0.289 e. The molecule has 5 amide bonds. The summed E-state index contributed by atoms with van der Waals surface area (Å²) in [5.74, 6) is -4.92. The summed E-state index contributed by atoms with van der Waals surface area (Å²) in [6, 6.07) is 1.94. The number of rotatable bonds is 14. The van der Waals surface area contributed by atoms with Crippen molar-refractivity contribution in [2.75, 3.05) is 13.1 Å². The van der Waals surface area contributed by atoms with Gasteiger partial charge in [-0.3, -0.25) is 33.8 Å². The van der Waals surface area contributed by atoms with E-state index in [1.54, 1.807) is 23.1 Å². The molecule has 5 rings (SSSR count). The van der Waals surface area contributed by atoms with Gasteiger partial charge in [0.1, 0.15) is 17.8 Å². The number of carbonyl (C=O) groups is 6. The van der Waals surface area contributed by atoms with Gasteiger partial charge in [0, 0.05) is 47.5 Å². The molecule has 2 aromatic rings. The van der Waals surface area contributed by atoms with Crippen LogP contribution in [0.4, 0.5) is 0 Å². The molecule has 15 heteroatoms. The van der Waals surface area contributed by atoms with Crippen molar-refractivity contribution >= 4 is 58.5 Å². The van der Waals surface area contributed by atoms with E-state index in [0.29, 0.717) is 22.0 Å². The average molecular weight is 785 g/mol. The van der Waals surface area contributed by atoms with E-state index >= 15 is 0 Å². The molecular weight excluding hydrogens is 733 g/mol. The Morgan fingerprint density at radius 2 is 1.65 bits per heavy atom. The SMILES string of the molecule is CCC[C@H](NC(=O)[C@H]1CN(C(=O)[C@@H](NC(=O)[C@@H](NC(=O)c2cnccn2)C2CCCCC2)C(C)(C)C)C[C@@H]1c1ccc(Cl)cc1Cl)C(=O)C(=O)NC1CC1. The number of aromatic nitrogens is 2. The molecule has 5 atom stereocenters. The van der Waals surface area contributed by atoms with Crippen LogP contribution in [0.3, 0.4) is 0 Å². The number of nitrogens with zero attached hydrogens (tertiary/aromatic N) is 3. The second-order valence-electron chi connectivity index (χ2n) is 15.8. The molecule has 0 radical (unpaired) electrons. The Morgan fingerprint density at radius 3 is 2.26 bits per heavy atom. The lowest BCUT2D eigenvalue weighted by Gasteiger charge is -2.36. The summed E-state index contributed by atoms with van der Waals surface area (Å²) in [5.41, 5.74) is -0.101. The first-order valence-corrected chi connectivity index (χ1v) is 19.7. The molecule has 0 unspecified atom stereocenters. The van der Waals surface area contributed by atoms with Gasteiger partial charge in [0.2, 0.25) is 23.5 Å². The largest absolute Gasteiger partial charge is 0.347 e. The van der Waals surface area contributed by atoms with Gasteiger partial charge >= 0.3 is 0 Å². The number of likely N-dealkylation sites (tertiary alicyclic amines) is 1. The minimum Gasteiger partial charge on any atom is -0.347 e. The molecule has 0 bridgehead atoms. The number of nitrogens with one attached hydrogen (secondary N) is 4. The lowest BCUT2D eigenvalue weighted by molar-refractivity contribution is -0.141. The number of hydrogen-bond donors (Lipinski definition) is 4. The lowest BCUT2D eigenvalue weighted by Crippen LogP contribution is -2.60. The summed E-state index contributed by atoms with van der Waals surface area (Å²) >= 11 is 12.9. The Labute approximate surface area is 326 Å². The van der Waals surface area contributed by atoms with E-state index in [4.69, 9.17) is 23.2 Å². The van der Waals surface area contributed by atoms with E-state index in [-0.39, 0.29) is 37.2 Å². The zero-order valence-electron chi connectivity index (χ0n) is 31.3. The topological polar surface area (TPSA) is 180 Å². The fourth-order valence-corrected chi connectivity index (χ4v) is 7.95. The van der Waals surface area contributed by atoms with Crippen LogP contribution in [0.15, 0.2) is 36.8 Å². The van der Waals surface area contributed by atoms with Crippen molar-refractivity contribution in [3.8, 4) is 0 Å². The highest BCUT2D eigenvalue weighted by Crippen LogP contribution is 2.39. The highest BCUT2D eigenvalue weighted by Gasteiger charge is 2.46. The molecular formula is C39H51Cl2N7O6. The quantitative estimate of drug-likeness (QED) is 0.204. The summed E-state index contributed by atoms with van der Waals surface area (Å²) in [6.45, 7) is 7.43. The van der Waals surface area contributed by atoms with Crippen molar-refractivity contribution in [1.29, 1.82) is 0 Å². The molecule has 0 spiro atoms. The van der Waals surface area contributed by atoms with Crippen molar-refractivity contribution in [3.63, 3.8) is 0 Å². The molecule has 1 aliphatic heterocycles. The van der Waals surface area contributed by atoms with Crippen LogP contribution in [0, 0.1) is 17.3 Å². The summed E-state index contributed by atoms with van der Waals surface area (Å²) in [4.78, 5) is 91.6. The molecule has 3 aliphatic rings. The summed E-state index contributed by atoms with van der Waals surface area (Å²) in [6.07, 6.45) is 11.0. The molecule has 2 heterocycles. The third kappa shape index (κ3) is 10.3. The van der Waals surface area contributed by atoms with E-state index in [9.17, 15) is 28.8 Å². The van der Waals surface area contributed by atoms with E-state index in [1.807, 2.05) is 27.7 Å². The molecule has 1 aromatic carbocycles. The van der Waals surface area contributed by atoms with Crippen molar-refractivity contribution in [2.45, 2.75) is 116 Å². The van der Waals surface area contributed by atoms with Crippen LogP contribution in [-0.4, -0.2) is 87.4 Å². The van der Waals surface area contributed by atoms with Crippen LogP contribution in [0.2, 0.25) is 10.0 Å². The monoisotopic (exact) mass is 783 g/mol. The third-order valence-electron chi connectivity index (χ3n) is 10.6. The molecule has 1 saturated heterocycles. The van der Waals surface area contributed by atoms with Crippen LogP contribution in [-0.2, 0) is 24.0 Å². The Bertz CT molecular complexity index is 1710. The number of Topliss-reactive ketones (excluding diaryl/α,β-unsaturated/α-hetero) is 1. The van der Waals surface area contributed by atoms with Crippen LogP contribution < -0.4 is 21.3 Å². The molecule has 2 saturated carbocycles. The maximum atomic E-state index is 14.6. The van der Waals surface area contributed by atoms with Gasteiger partial charge in [0.25, 0.3) is 11.8 Å². The van der Waals surface area contributed by atoms with Crippen LogP contribution >= 0.6 is 23.2 Å². The van der Waals surface area contributed by atoms with E-state index in [1.165, 1.54) is 18.6 Å². The zero-order chi connectivity index (χ0) is 39.2. The number of hydrogen-bond acceptors (Lipinski definition) is 8. The van der Waals surface area contributed by atoms with Gasteiger partial charge in [0.05, 0.1) is 18.2 Å². The summed E-state index contributed by atoms with van der Waals surface area (Å²) in [5, 5.41) is 12.1. The van der Waals surface area contributed by atoms with Gasteiger partial charge in [-0.25, -0.2) is 4.98 Å². The van der Waals surface area contributed by atoms with Gasteiger partial charge in [-0.1, -0.05) is 82.6 Å². The smallest absolute Gasteiger partial charge is 0.289 e. The summed E-state index contributed by atoms with van der Waals surface area (Å²) < 4.78 is 0. The first kappa shape index (κ1) is 41.1. The molecule has 13 nitrogen and oxygen atoms in total. The Kier molecular flexibility index (Phi) is 13.7. The van der Waals surface area contributed by atoms with Gasteiger partial charge < -0.3 is 26.2 Å². The zero-order valence-corrected chi connectivity index (χ0v) is 32.8. The number of amides is 5. The Balaban J connectivity index is 1.39. The fourth-order valence-electron chi connectivity index (χ4n) is 7.41. The second kappa shape index (κ2) is 18.0. The number of carbonyl (C=O) groups excluding carboxylic acids is 6. The standard InChI is InChI=1S/C39H51Cl2N7O6/c1-5-9-29(32(49)37(53)44-24-13-14-24)45-34(50)27-21-48(20-26(27)25-15-12-23(40)18-28(25)41)38(54)33(39(2,3)4)47-36(52)31(22-10-7-6-8-11-22)46-35(51)30-19-42-16-17-43-30/h12,15-19,22,24,26-27,29,31,33H,5-11,13-14,20-21H2,1-4H3,(H,44,53)(H,45,50)(H,46,51)(H,47,52)/t26-,27+,29+,31+,33-/m1/s1. The third-order valence-corrected chi connectivity index (χ3v) is 11.1. The normalized spacial score (nSPS) is 20.7. The average Bonchev–Trinajstić information content (AvgIpc) is 3.85. The molecule has 3 fully saturated rings. The Hall–Kier alpha value is -4.10. The van der Waals surface area contributed by atoms with Crippen molar-refractivity contribution < 1.29 is 28.8 Å². The predicted molar refractivity (Wildman–Crippen MR) is 204 cm³/mol. The first-order valence-electron chi connectivity index (χ1n) is 18.9. The molecule has 2 aliphatic carbocycles. The second-order valence-corrected chi connectivity index (χ2v) is 16.7. The predicted octanol–water partition coefficient (Wildman–Crippen LogP) is 4.37. The molecule has 1 aromatic heterocycles. The lowest BCUT2D eigenvalue weighted by atomic mass is 9.82. The highest BCUT2D eigenvalue weighted by atomic mass is 35.5. The van der Waals surface area contributed by atoms with Crippen LogP contribution in [0.1, 0.15) is 107 Å². The van der Waals surface area contributed by atoms with Crippen molar-refractivity contribution in [3.05, 3.63) is 58.1 Å².